The minimum absolute atomic E-state index is 0.128. The van der Waals surface area contributed by atoms with Gasteiger partial charge in [0.2, 0.25) is 0 Å². The lowest BCUT2D eigenvalue weighted by atomic mass is 10.1. The van der Waals surface area contributed by atoms with E-state index in [0.717, 1.165) is 6.42 Å². The zero-order valence-electron chi connectivity index (χ0n) is 12.2. The van der Waals surface area contributed by atoms with E-state index in [0.29, 0.717) is 30.2 Å². The highest BCUT2D eigenvalue weighted by Gasteiger charge is 2.16. The summed E-state index contributed by atoms with van der Waals surface area (Å²) < 4.78 is 10.2. The second kappa shape index (κ2) is 8.05. The normalized spacial score (nSPS) is 9.70. The Hall–Kier alpha value is -2.22. The van der Waals surface area contributed by atoms with Gasteiger partial charge >= 0.3 is 5.97 Å². The van der Waals surface area contributed by atoms with Gasteiger partial charge in [0.25, 0.3) is 0 Å². The van der Waals surface area contributed by atoms with Gasteiger partial charge in [-0.25, -0.2) is 0 Å². The van der Waals surface area contributed by atoms with E-state index in [9.17, 15) is 10.1 Å². The van der Waals surface area contributed by atoms with Gasteiger partial charge in [0.15, 0.2) is 0 Å². The average Bonchev–Trinajstić information content (AvgIpc) is 2.46. The Kier molecular flexibility index (Phi) is 6.38. The smallest absolute Gasteiger partial charge is 0.325 e. The van der Waals surface area contributed by atoms with Crippen LogP contribution in [0.25, 0.3) is 0 Å². The maximum Gasteiger partial charge on any atom is 0.325 e. The molecule has 0 bridgehead atoms. The number of methoxy groups -OCH3 is 1. The SMILES string of the molecule is CCCN(CC(=O)OCC)c1cc(OC)ccc1C#N. The molecule has 108 valence electrons. The van der Waals surface area contributed by atoms with Crippen molar-refractivity contribution in [3.63, 3.8) is 0 Å². The minimum atomic E-state index is -0.298. The van der Waals surface area contributed by atoms with Gasteiger partial charge in [-0.1, -0.05) is 6.92 Å². The zero-order valence-corrected chi connectivity index (χ0v) is 12.2. The van der Waals surface area contributed by atoms with Crippen LogP contribution in [0, 0.1) is 11.3 Å². The summed E-state index contributed by atoms with van der Waals surface area (Å²) in [5.41, 5.74) is 1.21. The molecule has 1 rings (SSSR count). The van der Waals surface area contributed by atoms with Gasteiger partial charge < -0.3 is 14.4 Å². The molecule has 1 aromatic carbocycles. The molecule has 0 fully saturated rings. The summed E-state index contributed by atoms with van der Waals surface area (Å²) in [6.45, 7) is 4.94. The largest absolute Gasteiger partial charge is 0.497 e. The molecule has 0 N–H and O–H groups in total. The number of hydrogen-bond donors (Lipinski definition) is 0. The molecule has 5 nitrogen and oxygen atoms in total. The summed E-state index contributed by atoms with van der Waals surface area (Å²) in [6.07, 6.45) is 0.863. The second-order valence-corrected chi connectivity index (χ2v) is 4.22. The van der Waals surface area contributed by atoms with Crippen molar-refractivity contribution in [2.24, 2.45) is 0 Å². The van der Waals surface area contributed by atoms with Crippen LogP contribution >= 0.6 is 0 Å². The molecule has 5 heteroatoms. The van der Waals surface area contributed by atoms with Crippen molar-refractivity contribution in [3.05, 3.63) is 23.8 Å². The van der Waals surface area contributed by atoms with Crippen LogP contribution in [-0.4, -0.2) is 32.8 Å². The summed E-state index contributed by atoms with van der Waals surface area (Å²) >= 11 is 0. The van der Waals surface area contributed by atoms with Crippen LogP contribution in [0.5, 0.6) is 5.75 Å². The number of ether oxygens (including phenoxy) is 2. The standard InChI is InChI=1S/C15H20N2O3/c1-4-8-17(11-15(18)20-5-2)14-9-13(19-3)7-6-12(14)10-16/h6-7,9H,4-5,8,11H2,1-3H3. The van der Waals surface area contributed by atoms with Crippen molar-refractivity contribution in [1.29, 1.82) is 5.26 Å². The number of nitriles is 1. The summed E-state index contributed by atoms with van der Waals surface area (Å²) in [5, 5.41) is 9.20. The van der Waals surface area contributed by atoms with Crippen LogP contribution in [0.4, 0.5) is 5.69 Å². The number of hydrogen-bond acceptors (Lipinski definition) is 5. The molecule has 0 radical (unpaired) electrons. The van der Waals surface area contributed by atoms with Gasteiger partial charge in [-0.2, -0.15) is 5.26 Å². The topological polar surface area (TPSA) is 62.6 Å². The lowest BCUT2D eigenvalue weighted by molar-refractivity contribution is -0.141. The maximum absolute atomic E-state index is 11.7. The molecule has 1 aromatic rings. The third-order valence-electron chi connectivity index (χ3n) is 2.78. The summed E-state index contributed by atoms with van der Waals surface area (Å²) in [4.78, 5) is 13.5. The third kappa shape index (κ3) is 4.16. The Bertz CT molecular complexity index is 494. The van der Waals surface area contributed by atoms with Crippen LogP contribution in [0.3, 0.4) is 0 Å². The van der Waals surface area contributed by atoms with E-state index in [1.165, 1.54) is 0 Å². The van der Waals surface area contributed by atoms with Crippen LogP contribution in [-0.2, 0) is 9.53 Å². The lowest BCUT2D eigenvalue weighted by Crippen LogP contribution is -2.32. The summed E-state index contributed by atoms with van der Waals surface area (Å²) in [6, 6.07) is 7.34. The number of rotatable bonds is 7. The van der Waals surface area contributed by atoms with Crippen molar-refractivity contribution in [2.45, 2.75) is 20.3 Å². The Morgan fingerprint density at radius 2 is 2.15 bits per heavy atom. The molecule has 0 aromatic heterocycles. The van der Waals surface area contributed by atoms with Crippen molar-refractivity contribution in [2.75, 3.05) is 31.7 Å². The van der Waals surface area contributed by atoms with Crippen LogP contribution < -0.4 is 9.64 Å². The number of carbonyl (C=O) groups is 1. The number of nitrogens with zero attached hydrogens (tertiary/aromatic N) is 2. The average molecular weight is 276 g/mol. The fourth-order valence-corrected chi connectivity index (χ4v) is 1.91. The maximum atomic E-state index is 11.7. The highest BCUT2D eigenvalue weighted by molar-refractivity contribution is 5.77. The molecule has 0 unspecified atom stereocenters. The zero-order chi connectivity index (χ0) is 15.0. The fourth-order valence-electron chi connectivity index (χ4n) is 1.91. The molecule has 0 saturated heterocycles. The quantitative estimate of drug-likeness (QED) is 0.715. The van der Waals surface area contributed by atoms with Gasteiger partial charge in [-0.3, -0.25) is 4.79 Å². The molecule has 20 heavy (non-hydrogen) atoms. The van der Waals surface area contributed by atoms with Gasteiger partial charge in [0.1, 0.15) is 18.4 Å². The first-order chi connectivity index (χ1) is 9.65. The van der Waals surface area contributed by atoms with E-state index < -0.39 is 0 Å². The second-order valence-electron chi connectivity index (χ2n) is 4.22. The van der Waals surface area contributed by atoms with Gasteiger partial charge in [0, 0.05) is 12.6 Å². The molecule has 0 saturated carbocycles. The number of benzene rings is 1. The fraction of sp³-hybridized carbons (Fsp3) is 0.467. The lowest BCUT2D eigenvalue weighted by Gasteiger charge is -2.24. The van der Waals surface area contributed by atoms with E-state index in [2.05, 4.69) is 6.07 Å². The highest BCUT2D eigenvalue weighted by atomic mass is 16.5. The van der Waals surface area contributed by atoms with Gasteiger partial charge in [-0.15, -0.1) is 0 Å². The van der Waals surface area contributed by atoms with E-state index in [4.69, 9.17) is 9.47 Å². The molecular weight excluding hydrogens is 256 g/mol. The summed E-state index contributed by atoms with van der Waals surface area (Å²) in [7, 11) is 1.57. The number of carbonyl (C=O) groups excluding carboxylic acids is 1. The first-order valence-corrected chi connectivity index (χ1v) is 6.64. The van der Waals surface area contributed by atoms with Crippen LogP contribution in [0.2, 0.25) is 0 Å². The molecule has 0 aliphatic rings. The highest BCUT2D eigenvalue weighted by Crippen LogP contribution is 2.26. The molecule has 0 heterocycles. The van der Waals surface area contributed by atoms with E-state index in [1.54, 1.807) is 32.2 Å². The first kappa shape index (κ1) is 15.8. The Balaban J connectivity index is 3.06. The molecule has 0 amide bonds. The third-order valence-corrected chi connectivity index (χ3v) is 2.78. The molecule has 0 atom stereocenters. The predicted octanol–water partition coefficient (Wildman–Crippen LogP) is 2.35. The van der Waals surface area contributed by atoms with Gasteiger partial charge in [-0.05, 0) is 25.5 Å². The van der Waals surface area contributed by atoms with E-state index in [-0.39, 0.29) is 12.5 Å². The predicted molar refractivity (Wildman–Crippen MR) is 76.8 cm³/mol. The minimum Gasteiger partial charge on any atom is -0.497 e. The Labute approximate surface area is 119 Å². The Morgan fingerprint density at radius 1 is 1.40 bits per heavy atom. The monoisotopic (exact) mass is 276 g/mol. The molecular formula is C15H20N2O3. The molecule has 0 aliphatic heterocycles. The van der Waals surface area contributed by atoms with Crippen LogP contribution in [0.1, 0.15) is 25.8 Å². The molecule has 0 spiro atoms. The van der Waals surface area contributed by atoms with Crippen molar-refractivity contribution in [3.8, 4) is 11.8 Å². The molecule has 0 aliphatic carbocycles. The van der Waals surface area contributed by atoms with Crippen LogP contribution in [0.15, 0.2) is 18.2 Å². The van der Waals surface area contributed by atoms with E-state index in [1.807, 2.05) is 11.8 Å². The van der Waals surface area contributed by atoms with Gasteiger partial charge in [0.05, 0.1) is 25.0 Å². The van der Waals surface area contributed by atoms with E-state index >= 15 is 0 Å². The first-order valence-electron chi connectivity index (χ1n) is 6.64. The summed E-state index contributed by atoms with van der Waals surface area (Å²) in [5.74, 6) is 0.358. The van der Waals surface area contributed by atoms with Crippen molar-refractivity contribution >= 4 is 11.7 Å². The Morgan fingerprint density at radius 3 is 2.70 bits per heavy atom. The van der Waals surface area contributed by atoms with Crippen molar-refractivity contribution < 1.29 is 14.3 Å². The number of anilines is 1. The number of esters is 1. The van der Waals surface area contributed by atoms with Crippen molar-refractivity contribution in [1.82, 2.24) is 0 Å².